The van der Waals surface area contributed by atoms with E-state index >= 15 is 0 Å². The Kier molecular flexibility index (Phi) is 5.83. The normalized spacial score (nSPS) is 16.6. The van der Waals surface area contributed by atoms with Gasteiger partial charge in [-0.05, 0) is 42.0 Å². The summed E-state index contributed by atoms with van der Waals surface area (Å²) in [7, 11) is 2.78. The van der Waals surface area contributed by atoms with Crippen LogP contribution in [0.5, 0.6) is 11.6 Å². The number of ether oxygens (including phenoxy) is 3. The van der Waals surface area contributed by atoms with Crippen LogP contribution < -0.4 is 14.8 Å². The van der Waals surface area contributed by atoms with Gasteiger partial charge < -0.3 is 19.5 Å². The third-order valence-corrected chi connectivity index (χ3v) is 6.58. The number of nitrogens with zero attached hydrogens (tertiary/aromatic N) is 1. The fourth-order valence-corrected chi connectivity index (χ4v) is 5.01. The maximum atomic E-state index is 13.9. The van der Waals surface area contributed by atoms with Gasteiger partial charge in [0.25, 0.3) is 5.91 Å². The third kappa shape index (κ3) is 3.87. The molecule has 7 nitrogen and oxygen atoms in total. The Morgan fingerprint density at radius 1 is 1.00 bits per heavy atom. The van der Waals surface area contributed by atoms with E-state index in [9.17, 15) is 9.59 Å². The van der Waals surface area contributed by atoms with Crippen molar-refractivity contribution in [3.8, 4) is 11.6 Å². The van der Waals surface area contributed by atoms with Crippen molar-refractivity contribution in [1.82, 2.24) is 4.57 Å². The number of fused-ring (bicyclic) bond motifs is 2. The minimum absolute atomic E-state index is 0.139. The van der Waals surface area contributed by atoms with Crippen molar-refractivity contribution in [3.63, 3.8) is 0 Å². The first-order valence-corrected chi connectivity index (χ1v) is 11.4. The molecule has 0 radical (unpaired) electrons. The number of methoxy groups -OCH3 is 2. The molecule has 0 saturated heterocycles. The number of carbonyl (C=O) groups excluding carboxylic acids is 2. The predicted molar refractivity (Wildman–Crippen MR) is 134 cm³/mol. The van der Waals surface area contributed by atoms with E-state index in [-0.39, 0.29) is 18.2 Å². The summed E-state index contributed by atoms with van der Waals surface area (Å²) in [6.45, 7) is 0. The Hall–Kier alpha value is -3.68. The largest absolute Gasteiger partial charge is 0.514 e. The second kappa shape index (κ2) is 8.83. The number of benzene rings is 3. The van der Waals surface area contributed by atoms with E-state index < -0.39 is 11.7 Å². The molecule has 178 valence electrons. The van der Waals surface area contributed by atoms with E-state index in [1.807, 2.05) is 18.2 Å². The molecule has 0 bridgehead atoms. The number of carbonyl (C=O) groups is 2. The summed E-state index contributed by atoms with van der Waals surface area (Å²) in [4.78, 5) is 26.2. The monoisotopic (exact) mass is 510 g/mol. The minimum atomic E-state index is -1.35. The average Bonchev–Trinajstić information content (AvgIpc) is 3.32. The van der Waals surface area contributed by atoms with Crippen molar-refractivity contribution in [2.24, 2.45) is 0 Å². The molecule has 5 rings (SSSR count). The highest BCUT2D eigenvalue weighted by Gasteiger charge is 2.50. The van der Waals surface area contributed by atoms with E-state index in [4.69, 9.17) is 37.4 Å². The van der Waals surface area contributed by atoms with Crippen molar-refractivity contribution >= 4 is 51.9 Å². The molecule has 1 aromatic heterocycles. The highest BCUT2D eigenvalue weighted by molar-refractivity contribution is 6.31. The zero-order valence-electron chi connectivity index (χ0n) is 18.8. The SMILES string of the molecule is COC(=O)Oc1cc2ccc(OC)cc2n1C1(Cc2cccc(Cl)c2)C(=O)Nc2cc(Cl)ccc21. The van der Waals surface area contributed by atoms with Crippen LogP contribution in [0.3, 0.4) is 0 Å². The van der Waals surface area contributed by atoms with Crippen molar-refractivity contribution in [2.45, 2.75) is 12.0 Å². The standard InChI is InChI=1S/C26H20Cl2N2O5/c1-33-19-8-6-16-11-23(35-25(32)34-2)30(22(16)13-19)26(14-15-4-3-5-17(27)10-15)20-9-7-18(28)12-21(20)29-24(26)31/h3-13H,14H2,1-2H3,(H,29,31). The lowest BCUT2D eigenvalue weighted by Crippen LogP contribution is -2.44. The Balaban J connectivity index is 1.86. The molecule has 1 unspecified atom stereocenters. The number of aromatic nitrogens is 1. The summed E-state index contributed by atoms with van der Waals surface area (Å²) >= 11 is 12.5. The van der Waals surface area contributed by atoms with Crippen molar-refractivity contribution in [2.75, 3.05) is 19.5 Å². The number of nitrogens with one attached hydrogen (secondary N) is 1. The van der Waals surface area contributed by atoms with Gasteiger partial charge in [-0.25, -0.2) is 4.79 Å². The van der Waals surface area contributed by atoms with E-state index in [1.54, 1.807) is 60.2 Å². The average molecular weight is 511 g/mol. The molecular formula is C26H20Cl2N2O5. The fraction of sp³-hybridized carbons (Fsp3) is 0.154. The zero-order chi connectivity index (χ0) is 24.7. The van der Waals surface area contributed by atoms with Gasteiger partial charge in [0.2, 0.25) is 5.88 Å². The molecule has 0 spiro atoms. The van der Waals surface area contributed by atoms with Crippen LogP contribution in [0.15, 0.2) is 66.7 Å². The number of hydrogen-bond donors (Lipinski definition) is 1. The van der Waals surface area contributed by atoms with Crippen LogP contribution in [0.1, 0.15) is 11.1 Å². The molecule has 0 fully saturated rings. The molecule has 0 saturated carbocycles. The molecule has 1 aliphatic rings. The summed E-state index contributed by atoms with van der Waals surface area (Å²) in [5, 5.41) is 4.72. The first kappa shape index (κ1) is 23.1. The van der Waals surface area contributed by atoms with E-state index in [0.29, 0.717) is 32.6 Å². The molecule has 1 atom stereocenters. The maximum absolute atomic E-state index is 13.9. The Morgan fingerprint density at radius 3 is 2.54 bits per heavy atom. The van der Waals surface area contributed by atoms with Gasteiger partial charge in [-0.1, -0.05) is 41.4 Å². The third-order valence-electron chi connectivity index (χ3n) is 6.11. The second-order valence-corrected chi connectivity index (χ2v) is 8.98. The smallest absolute Gasteiger partial charge is 0.497 e. The number of hydrogen-bond acceptors (Lipinski definition) is 5. The molecule has 1 amide bonds. The van der Waals surface area contributed by atoms with Gasteiger partial charge in [-0.15, -0.1) is 0 Å². The number of halogens is 2. The quantitative estimate of drug-likeness (QED) is 0.331. The summed E-state index contributed by atoms with van der Waals surface area (Å²) in [5.74, 6) is 0.402. The van der Waals surface area contributed by atoms with Crippen LogP contribution >= 0.6 is 23.2 Å². The fourth-order valence-electron chi connectivity index (χ4n) is 4.63. The molecule has 35 heavy (non-hydrogen) atoms. The van der Waals surface area contributed by atoms with Crippen molar-refractivity contribution in [1.29, 1.82) is 0 Å². The zero-order valence-corrected chi connectivity index (χ0v) is 20.3. The van der Waals surface area contributed by atoms with Crippen LogP contribution in [-0.2, 0) is 21.5 Å². The van der Waals surface area contributed by atoms with Crippen LogP contribution in [-0.4, -0.2) is 30.8 Å². The van der Waals surface area contributed by atoms with Gasteiger partial charge in [0.05, 0.1) is 19.7 Å². The Labute approximate surface area is 211 Å². The predicted octanol–water partition coefficient (Wildman–Crippen LogP) is 6.04. The van der Waals surface area contributed by atoms with Gasteiger partial charge in [-0.3, -0.25) is 9.36 Å². The summed E-state index contributed by atoms with van der Waals surface area (Å²) in [5.41, 5.74) is 1.33. The molecule has 1 aliphatic heterocycles. The Bertz CT molecular complexity index is 1480. The summed E-state index contributed by atoms with van der Waals surface area (Å²) < 4.78 is 17.5. The van der Waals surface area contributed by atoms with Gasteiger partial charge in [0.15, 0.2) is 5.54 Å². The van der Waals surface area contributed by atoms with Gasteiger partial charge in [0, 0.05) is 45.2 Å². The number of amides is 1. The van der Waals surface area contributed by atoms with Gasteiger partial charge >= 0.3 is 6.16 Å². The second-order valence-electron chi connectivity index (χ2n) is 8.11. The van der Waals surface area contributed by atoms with Crippen LogP contribution in [0.25, 0.3) is 10.9 Å². The highest BCUT2D eigenvalue weighted by atomic mass is 35.5. The van der Waals surface area contributed by atoms with Crippen molar-refractivity contribution < 1.29 is 23.8 Å². The van der Waals surface area contributed by atoms with Crippen LogP contribution in [0.4, 0.5) is 10.5 Å². The maximum Gasteiger partial charge on any atom is 0.514 e. The summed E-state index contributed by atoms with van der Waals surface area (Å²) in [6.07, 6.45) is -0.694. The lowest BCUT2D eigenvalue weighted by molar-refractivity contribution is -0.121. The molecule has 2 heterocycles. The number of rotatable bonds is 5. The minimum Gasteiger partial charge on any atom is -0.497 e. The van der Waals surface area contributed by atoms with Gasteiger partial charge in [-0.2, -0.15) is 0 Å². The van der Waals surface area contributed by atoms with E-state index in [2.05, 4.69) is 5.32 Å². The molecule has 0 aliphatic carbocycles. The first-order chi connectivity index (χ1) is 16.8. The molecular weight excluding hydrogens is 491 g/mol. The van der Waals surface area contributed by atoms with Crippen molar-refractivity contribution in [3.05, 3.63) is 87.9 Å². The molecule has 9 heteroatoms. The first-order valence-electron chi connectivity index (χ1n) is 10.7. The molecule has 1 N–H and O–H groups in total. The lowest BCUT2D eigenvalue weighted by Gasteiger charge is -2.32. The van der Waals surface area contributed by atoms with Crippen LogP contribution in [0.2, 0.25) is 10.0 Å². The van der Waals surface area contributed by atoms with E-state index in [0.717, 1.165) is 10.9 Å². The Morgan fingerprint density at radius 2 is 1.80 bits per heavy atom. The van der Waals surface area contributed by atoms with Crippen LogP contribution in [0, 0.1) is 0 Å². The summed E-state index contributed by atoms with van der Waals surface area (Å²) in [6, 6.07) is 19.6. The molecule has 3 aromatic carbocycles. The van der Waals surface area contributed by atoms with Gasteiger partial charge in [0.1, 0.15) is 5.75 Å². The number of anilines is 1. The van der Waals surface area contributed by atoms with E-state index in [1.165, 1.54) is 7.11 Å². The topological polar surface area (TPSA) is 78.8 Å². The molecule has 4 aromatic rings. The highest BCUT2D eigenvalue weighted by Crippen LogP contribution is 2.47. The lowest BCUT2D eigenvalue weighted by atomic mass is 9.84.